The number of carbonyl (C=O) groups excluding carboxylic acids is 4. The minimum absolute atomic E-state index is 0. The van der Waals surface area contributed by atoms with Crippen molar-refractivity contribution in [1.82, 2.24) is 9.80 Å². The quantitative estimate of drug-likeness (QED) is 0.147. The molecule has 0 amide bonds. The number of carbonyl (C=O) groups is 4. The first kappa shape index (κ1) is 37.3. The van der Waals surface area contributed by atoms with Crippen molar-refractivity contribution in [3.8, 4) is 0 Å². The monoisotopic (exact) mass is 462 g/mol. The van der Waals surface area contributed by atoms with Gasteiger partial charge in [0.15, 0.2) is 0 Å². The van der Waals surface area contributed by atoms with Crippen LogP contribution in [0.5, 0.6) is 0 Å². The maximum absolute atomic E-state index is 10.5. The molecule has 0 rings (SSSR count). The Bertz CT molecular complexity index is 413. The van der Waals surface area contributed by atoms with Crippen molar-refractivity contribution >= 4 is 61.6 Å². The van der Waals surface area contributed by atoms with Crippen LogP contribution < -0.4 is 79.5 Å². The second kappa shape index (κ2) is 23.6. The summed E-state index contributed by atoms with van der Waals surface area (Å²) >= 11 is 0. The van der Waals surface area contributed by atoms with Crippen LogP contribution in [-0.2, 0) is 28.7 Å². The molecule has 0 aromatic rings. The zero-order valence-corrected chi connectivity index (χ0v) is 23.0. The van der Waals surface area contributed by atoms with Gasteiger partial charge in [0.1, 0.15) is 0 Å². The Morgan fingerprint density at radius 3 is 1.00 bits per heavy atom. The minimum atomic E-state index is -1.42. The van der Waals surface area contributed by atoms with Gasteiger partial charge >= 0.3 is 96.9 Å². The molecule has 15 heteroatoms. The number of rotatable bonds is 17. The fourth-order valence-corrected chi connectivity index (χ4v) is 1.87. The molecule has 0 atom stereocenters. The summed E-state index contributed by atoms with van der Waals surface area (Å²) in [5.74, 6) is -5.70. The zero-order chi connectivity index (χ0) is 19.9. The minimum Gasteiger partial charge on any atom is -0.549 e. The summed E-state index contributed by atoms with van der Waals surface area (Å²) in [7, 11) is 0. The molecule has 0 aliphatic carbocycles. The van der Waals surface area contributed by atoms with Gasteiger partial charge in [0, 0.05) is 39.3 Å². The van der Waals surface area contributed by atoms with Crippen LogP contribution in [0.15, 0.2) is 0 Å². The fourth-order valence-electron chi connectivity index (χ4n) is 1.87. The van der Waals surface area contributed by atoms with Crippen LogP contribution in [0.25, 0.3) is 0 Å². The summed E-state index contributed by atoms with van der Waals surface area (Å²) in [6.45, 7) is -1.88. The second-order valence-electron chi connectivity index (χ2n) is 5.13. The van der Waals surface area contributed by atoms with Crippen LogP contribution in [-0.4, -0.2) is 137 Å². The van der Waals surface area contributed by atoms with Gasteiger partial charge in [-0.25, -0.2) is 0 Å². The summed E-state index contributed by atoms with van der Waals surface area (Å²) in [6, 6.07) is 0. The molecule has 0 unspecified atom stereocenters. The summed E-state index contributed by atoms with van der Waals surface area (Å²) in [5, 5.41) is 41.9. The van der Waals surface area contributed by atoms with Crippen molar-refractivity contribution in [3.63, 3.8) is 0 Å². The number of hydrogen-bond donors (Lipinski definition) is 0. The van der Waals surface area contributed by atoms with Crippen molar-refractivity contribution in [2.75, 3.05) is 65.7 Å². The van der Waals surface area contributed by atoms with E-state index in [0.717, 1.165) is 9.80 Å². The molecule has 0 fully saturated rings. The first-order valence-electron chi connectivity index (χ1n) is 7.60. The van der Waals surface area contributed by atoms with Crippen molar-refractivity contribution in [2.24, 2.45) is 0 Å². The first-order chi connectivity index (χ1) is 12.2. The Morgan fingerprint density at radius 2 is 0.793 bits per heavy atom. The van der Waals surface area contributed by atoms with Gasteiger partial charge in [-0.2, -0.15) is 0 Å². The van der Waals surface area contributed by atoms with E-state index in [1.807, 2.05) is 0 Å². The van der Waals surface area contributed by atoms with Crippen LogP contribution in [0.1, 0.15) is 0 Å². The largest absolute Gasteiger partial charge is 2.00 e. The summed E-state index contributed by atoms with van der Waals surface area (Å²) < 4.78 is 10.3. The van der Waals surface area contributed by atoms with Gasteiger partial charge in [0.2, 0.25) is 0 Å². The SMILES string of the molecule is O=C([O-])CN(CCOCCOCCN(CC(=O)[O-])CC(=O)[O-])CC(=O)[O-].[Ca+2].[Na+].[Na+]. The number of carboxylic acids is 4. The normalized spacial score (nSPS) is 9.86. The molecule has 0 radical (unpaired) electrons. The van der Waals surface area contributed by atoms with Gasteiger partial charge in [-0.1, -0.05) is 0 Å². The maximum atomic E-state index is 10.5. The molecule has 0 saturated heterocycles. The van der Waals surface area contributed by atoms with Gasteiger partial charge in [0.25, 0.3) is 0 Å². The van der Waals surface area contributed by atoms with E-state index in [9.17, 15) is 39.6 Å². The Labute approximate surface area is 242 Å². The topological polar surface area (TPSA) is 185 Å². The first-order valence-corrected chi connectivity index (χ1v) is 7.60. The van der Waals surface area contributed by atoms with Crippen molar-refractivity contribution in [3.05, 3.63) is 0 Å². The number of aliphatic carboxylic acids is 4. The summed E-state index contributed by atoms with van der Waals surface area (Å²) in [4.78, 5) is 44.0. The second-order valence-corrected chi connectivity index (χ2v) is 5.13. The van der Waals surface area contributed by atoms with Crippen molar-refractivity contribution in [1.29, 1.82) is 0 Å². The van der Waals surface area contributed by atoms with Gasteiger partial charge in [-0.15, -0.1) is 0 Å². The molecule has 0 aromatic carbocycles. The number of carboxylic acid groups (broad SMARTS) is 4. The molecule has 29 heavy (non-hydrogen) atoms. The van der Waals surface area contributed by atoms with Crippen LogP contribution in [0.2, 0.25) is 0 Å². The average Bonchev–Trinajstić information content (AvgIpc) is 2.47. The van der Waals surface area contributed by atoms with E-state index in [1.165, 1.54) is 0 Å². The summed E-state index contributed by atoms with van der Waals surface area (Å²) in [6.07, 6.45) is 0. The Hall–Kier alpha value is 0.980. The average molecular weight is 462 g/mol. The van der Waals surface area contributed by atoms with Crippen molar-refractivity contribution in [2.45, 2.75) is 0 Å². The molecule has 12 nitrogen and oxygen atoms in total. The predicted octanol–water partition coefficient (Wildman–Crippen LogP) is -13.7. The molecular formula is C14H20CaN2Na2O10. The molecule has 0 heterocycles. The van der Waals surface area contributed by atoms with E-state index in [1.54, 1.807) is 0 Å². The summed E-state index contributed by atoms with van der Waals surface area (Å²) in [5.41, 5.74) is 0. The molecule has 150 valence electrons. The molecule has 0 aliphatic heterocycles. The molecular weight excluding hydrogens is 442 g/mol. The third kappa shape index (κ3) is 26.9. The molecule has 0 aromatic heterocycles. The number of hydrogen-bond acceptors (Lipinski definition) is 12. The van der Waals surface area contributed by atoms with Crippen LogP contribution >= 0.6 is 0 Å². The third-order valence-corrected chi connectivity index (χ3v) is 2.89. The molecule has 0 bridgehead atoms. The molecule has 0 saturated carbocycles. The van der Waals surface area contributed by atoms with Gasteiger partial charge in [0.05, 0.1) is 50.3 Å². The number of ether oxygens (including phenoxy) is 2. The smallest absolute Gasteiger partial charge is 0.549 e. The zero-order valence-electron chi connectivity index (χ0n) is 16.8. The fraction of sp³-hybridized carbons (Fsp3) is 0.714. The van der Waals surface area contributed by atoms with E-state index >= 15 is 0 Å². The van der Waals surface area contributed by atoms with E-state index in [2.05, 4.69) is 0 Å². The molecule has 0 aliphatic rings. The van der Waals surface area contributed by atoms with E-state index in [4.69, 9.17) is 9.47 Å². The predicted molar refractivity (Wildman–Crippen MR) is 80.3 cm³/mol. The Kier molecular flexibility index (Phi) is 30.4. The Balaban J connectivity index is -0.00000104. The van der Waals surface area contributed by atoms with E-state index < -0.39 is 50.1 Å². The number of nitrogens with zero attached hydrogens (tertiary/aromatic N) is 2. The van der Waals surface area contributed by atoms with E-state index in [-0.39, 0.29) is 136 Å². The van der Waals surface area contributed by atoms with Crippen molar-refractivity contribution < 1.29 is 108 Å². The van der Waals surface area contributed by atoms with Gasteiger partial charge in [-0.05, 0) is 0 Å². The standard InChI is InChI=1S/C14H24N2O10.Ca.2Na/c17-11(18)7-15(8-12(19)20)1-3-25-5-6-26-4-2-16(9-13(21)22)10-14(23)24;;;/h1-10H2,(H,17,18)(H,19,20)(H,21,22)(H,23,24);;;/q;+2;2*+1/p-4. The molecule has 0 spiro atoms. The maximum Gasteiger partial charge on any atom is 2.00 e. The van der Waals surface area contributed by atoms with Crippen LogP contribution in [0, 0.1) is 0 Å². The van der Waals surface area contributed by atoms with Gasteiger partial charge < -0.3 is 49.1 Å². The van der Waals surface area contributed by atoms with Gasteiger partial charge in [-0.3, -0.25) is 9.80 Å². The van der Waals surface area contributed by atoms with Crippen LogP contribution in [0.4, 0.5) is 0 Å². The third-order valence-electron chi connectivity index (χ3n) is 2.89. The van der Waals surface area contributed by atoms with Crippen LogP contribution in [0.3, 0.4) is 0 Å². The van der Waals surface area contributed by atoms with E-state index in [0.29, 0.717) is 0 Å². The Morgan fingerprint density at radius 1 is 0.552 bits per heavy atom. The molecule has 0 N–H and O–H groups in total.